The van der Waals surface area contributed by atoms with E-state index < -0.39 is 5.97 Å². The Bertz CT molecular complexity index is 276. The third kappa shape index (κ3) is 3.71. The first-order valence-electron chi connectivity index (χ1n) is 7.64. The summed E-state index contributed by atoms with van der Waals surface area (Å²) in [5.41, 5.74) is 0. The number of likely N-dealkylation sites (tertiary alicyclic amines) is 1. The van der Waals surface area contributed by atoms with Gasteiger partial charge in [0.25, 0.3) is 0 Å². The zero-order valence-electron chi connectivity index (χ0n) is 11.6. The van der Waals surface area contributed by atoms with Gasteiger partial charge in [-0.3, -0.25) is 9.69 Å². The van der Waals surface area contributed by atoms with Crippen LogP contribution in [0.1, 0.15) is 64.7 Å². The number of hydrogen-bond donors (Lipinski definition) is 1. The minimum absolute atomic E-state index is 0.331. The SMILES string of the molecule is CC(CC1CCC1)N1CCCCC1CCC(=O)O. The number of nitrogens with zero attached hydrogens (tertiary/aromatic N) is 1. The van der Waals surface area contributed by atoms with E-state index in [2.05, 4.69) is 11.8 Å². The van der Waals surface area contributed by atoms with Gasteiger partial charge in [-0.15, -0.1) is 0 Å². The molecule has 18 heavy (non-hydrogen) atoms. The predicted molar refractivity (Wildman–Crippen MR) is 72.6 cm³/mol. The molecule has 0 aromatic heterocycles. The van der Waals surface area contributed by atoms with Crippen LogP contribution in [-0.2, 0) is 4.79 Å². The summed E-state index contributed by atoms with van der Waals surface area (Å²) in [4.78, 5) is 13.3. The van der Waals surface area contributed by atoms with Crippen molar-refractivity contribution >= 4 is 5.97 Å². The van der Waals surface area contributed by atoms with Gasteiger partial charge < -0.3 is 5.11 Å². The van der Waals surface area contributed by atoms with Gasteiger partial charge in [-0.2, -0.15) is 0 Å². The highest BCUT2D eigenvalue weighted by Gasteiger charge is 2.29. The zero-order chi connectivity index (χ0) is 13.0. The fourth-order valence-electron chi connectivity index (χ4n) is 3.55. The maximum Gasteiger partial charge on any atom is 0.303 e. The molecule has 1 N–H and O–H groups in total. The number of piperidine rings is 1. The lowest BCUT2D eigenvalue weighted by atomic mass is 9.80. The summed E-state index contributed by atoms with van der Waals surface area (Å²) in [5, 5.41) is 8.84. The van der Waals surface area contributed by atoms with Crippen LogP contribution in [-0.4, -0.2) is 34.6 Å². The Morgan fingerprint density at radius 1 is 1.28 bits per heavy atom. The fraction of sp³-hybridized carbons (Fsp3) is 0.933. The van der Waals surface area contributed by atoms with Crippen molar-refractivity contribution in [2.45, 2.75) is 76.8 Å². The monoisotopic (exact) mass is 253 g/mol. The molecular weight excluding hydrogens is 226 g/mol. The Balaban J connectivity index is 1.82. The fourth-order valence-corrected chi connectivity index (χ4v) is 3.55. The third-order valence-electron chi connectivity index (χ3n) is 4.83. The number of carboxylic acids is 1. The quantitative estimate of drug-likeness (QED) is 0.789. The Morgan fingerprint density at radius 2 is 2.06 bits per heavy atom. The molecule has 3 nitrogen and oxygen atoms in total. The Labute approximate surface area is 111 Å². The minimum atomic E-state index is -0.646. The number of rotatable bonds is 6. The highest BCUT2D eigenvalue weighted by Crippen LogP contribution is 2.33. The van der Waals surface area contributed by atoms with Crippen molar-refractivity contribution in [3.8, 4) is 0 Å². The molecule has 2 unspecified atom stereocenters. The second kappa shape index (κ2) is 6.55. The highest BCUT2D eigenvalue weighted by molar-refractivity contribution is 5.66. The molecule has 1 saturated heterocycles. The van der Waals surface area contributed by atoms with E-state index in [9.17, 15) is 4.79 Å². The normalized spacial score (nSPS) is 27.7. The third-order valence-corrected chi connectivity index (χ3v) is 4.83. The topological polar surface area (TPSA) is 40.5 Å². The Kier molecular flexibility index (Phi) is 5.04. The van der Waals surface area contributed by atoms with Crippen LogP contribution in [0, 0.1) is 5.92 Å². The molecule has 0 bridgehead atoms. The number of carboxylic acid groups (broad SMARTS) is 1. The van der Waals surface area contributed by atoms with Crippen LogP contribution >= 0.6 is 0 Å². The summed E-state index contributed by atoms with van der Waals surface area (Å²) >= 11 is 0. The lowest BCUT2D eigenvalue weighted by molar-refractivity contribution is -0.137. The van der Waals surface area contributed by atoms with E-state index in [0.717, 1.165) is 12.3 Å². The summed E-state index contributed by atoms with van der Waals surface area (Å²) in [7, 11) is 0. The average Bonchev–Trinajstić information content (AvgIpc) is 2.31. The van der Waals surface area contributed by atoms with Crippen molar-refractivity contribution in [2.24, 2.45) is 5.92 Å². The summed E-state index contributed by atoms with van der Waals surface area (Å²) in [6, 6.07) is 1.17. The maximum atomic E-state index is 10.7. The molecule has 2 fully saturated rings. The minimum Gasteiger partial charge on any atom is -0.481 e. The number of carbonyl (C=O) groups is 1. The molecule has 0 amide bonds. The smallest absolute Gasteiger partial charge is 0.303 e. The van der Waals surface area contributed by atoms with Crippen LogP contribution in [0.4, 0.5) is 0 Å². The van der Waals surface area contributed by atoms with Gasteiger partial charge in [0.15, 0.2) is 0 Å². The van der Waals surface area contributed by atoms with E-state index in [1.165, 1.54) is 51.5 Å². The van der Waals surface area contributed by atoms with Gasteiger partial charge in [0.1, 0.15) is 0 Å². The van der Waals surface area contributed by atoms with Crippen LogP contribution in [0.25, 0.3) is 0 Å². The molecule has 2 rings (SSSR count). The summed E-state index contributed by atoms with van der Waals surface area (Å²) < 4.78 is 0. The van der Waals surface area contributed by atoms with Gasteiger partial charge in [-0.05, 0) is 45.1 Å². The van der Waals surface area contributed by atoms with Gasteiger partial charge in [0.05, 0.1) is 0 Å². The van der Waals surface area contributed by atoms with Crippen LogP contribution in [0.5, 0.6) is 0 Å². The molecule has 2 atom stereocenters. The molecule has 104 valence electrons. The second-order valence-corrected chi connectivity index (χ2v) is 6.20. The van der Waals surface area contributed by atoms with E-state index in [1.807, 2.05) is 0 Å². The molecule has 1 aliphatic heterocycles. The van der Waals surface area contributed by atoms with Crippen LogP contribution < -0.4 is 0 Å². The van der Waals surface area contributed by atoms with Gasteiger partial charge in [0, 0.05) is 18.5 Å². The average molecular weight is 253 g/mol. The largest absolute Gasteiger partial charge is 0.481 e. The van der Waals surface area contributed by atoms with Gasteiger partial charge in [0.2, 0.25) is 0 Å². The zero-order valence-corrected chi connectivity index (χ0v) is 11.6. The Hall–Kier alpha value is -0.570. The van der Waals surface area contributed by atoms with Gasteiger partial charge in [-0.1, -0.05) is 25.7 Å². The molecule has 2 aliphatic rings. The van der Waals surface area contributed by atoms with Gasteiger partial charge in [-0.25, -0.2) is 0 Å². The molecular formula is C15H27NO2. The molecule has 0 aromatic carbocycles. The first-order chi connectivity index (χ1) is 8.66. The molecule has 0 radical (unpaired) electrons. The van der Waals surface area contributed by atoms with Crippen molar-refractivity contribution in [3.63, 3.8) is 0 Å². The van der Waals surface area contributed by atoms with Crippen LogP contribution in [0.15, 0.2) is 0 Å². The van der Waals surface area contributed by atoms with E-state index in [-0.39, 0.29) is 0 Å². The standard InChI is InChI=1S/C15H27NO2/c1-12(11-13-5-4-6-13)16-10-3-2-7-14(16)8-9-15(17)18/h12-14H,2-11H2,1H3,(H,17,18). The lowest BCUT2D eigenvalue weighted by Gasteiger charge is -2.42. The van der Waals surface area contributed by atoms with Crippen molar-refractivity contribution in [1.82, 2.24) is 4.90 Å². The second-order valence-electron chi connectivity index (χ2n) is 6.20. The molecule has 1 heterocycles. The lowest BCUT2D eigenvalue weighted by Crippen LogP contribution is -2.46. The van der Waals surface area contributed by atoms with E-state index >= 15 is 0 Å². The van der Waals surface area contributed by atoms with Crippen LogP contribution in [0.3, 0.4) is 0 Å². The predicted octanol–water partition coefficient (Wildman–Crippen LogP) is 3.28. The maximum absolute atomic E-state index is 10.7. The summed E-state index contributed by atoms with van der Waals surface area (Å²) in [5.74, 6) is 0.300. The highest BCUT2D eigenvalue weighted by atomic mass is 16.4. The Morgan fingerprint density at radius 3 is 2.67 bits per heavy atom. The first kappa shape index (κ1) is 13.9. The van der Waals surface area contributed by atoms with E-state index in [0.29, 0.717) is 18.5 Å². The number of hydrogen-bond acceptors (Lipinski definition) is 2. The molecule has 0 spiro atoms. The molecule has 0 aromatic rings. The summed E-state index contributed by atoms with van der Waals surface area (Å²) in [6.07, 6.45) is 10.5. The van der Waals surface area contributed by atoms with Crippen molar-refractivity contribution in [2.75, 3.05) is 6.54 Å². The molecule has 1 aliphatic carbocycles. The van der Waals surface area contributed by atoms with Crippen molar-refractivity contribution in [3.05, 3.63) is 0 Å². The van der Waals surface area contributed by atoms with E-state index in [1.54, 1.807) is 0 Å². The molecule has 3 heteroatoms. The number of aliphatic carboxylic acids is 1. The van der Waals surface area contributed by atoms with Crippen LogP contribution in [0.2, 0.25) is 0 Å². The summed E-state index contributed by atoms with van der Waals surface area (Å²) in [6.45, 7) is 3.52. The van der Waals surface area contributed by atoms with Crippen molar-refractivity contribution < 1.29 is 9.90 Å². The van der Waals surface area contributed by atoms with E-state index in [4.69, 9.17) is 5.11 Å². The first-order valence-corrected chi connectivity index (χ1v) is 7.64. The van der Waals surface area contributed by atoms with Gasteiger partial charge >= 0.3 is 5.97 Å². The van der Waals surface area contributed by atoms with Crippen molar-refractivity contribution in [1.29, 1.82) is 0 Å². The molecule has 1 saturated carbocycles.